The van der Waals surface area contributed by atoms with E-state index in [1.54, 1.807) is 4.90 Å². The molecule has 2 aliphatic rings. The van der Waals surface area contributed by atoms with E-state index in [1.165, 1.54) is 39.9 Å². The minimum absolute atomic E-state index is 0.0104. The van der Waals surface area contributed by atoms with Gasteiger partial charge in [0, 0.05) is 12.1 Å². The molecular weight excluding hydrogens is 490 g/mol. The monoisotopic (exact) mass is 527 g/mol. The minimum Gasteiger partial charge on any atom is -0.468 e. The first kappa shape index (κ1) is 29.7. The number of halogens is 1. The molecule has 1 aromatic heterocycles. The number of carbonyl (C=O) groups excluding carboxylic acids is 2. The molecule has 2 aliphatic carbocycles. The van der Waals surface area contributed by atoms with Gasteiger partial charge in [-0.1, -0.05) is 39.5 Å². The summed E-state index contributed by atoms with van der Waals surface area (Å²) in [5.74, 6) is -0.489. The third kappa shape index (κ3) is 7.99. The molecule has 12 heteroatoms. The fourth-order valence-electron chi connectivity index (χ4n) is 4.91. The highest BCUT2D eigenvalue weighted by atomic mass is 35.5. The van der Waals surface area contributed by atoms with E-state index in [4.69, 9.17) is 21.1 Å². The Kier molecular flexibility index (Phi) is 12.3. The molecule has 3 rings (SSSR count). The van der Waals surface area contributed by atoms with Crippen molar-refractivity contribution in [3.8, 4) is 0 Å². The standard InChI is InChI=1S/C14H19ClN4O4.C10H19NO2/c1-3-10(13(20)23-2)18(9-6-4-5-7-9)12-11(19(21)22)8-16-14(15)17-12;1-3-9(10(12)13-2)11-8-6-4-5-7-8/h8-10H,3-7H2,1-2H3;8-9,11H,3-7H2,1-2H3/t10-;9-/m11/s1. The molecule has 0 aromatic carbocycles. The Balaban J connectivity index is 0.000000297. The molecule has 0 bridgehead atoms. The third-order valence-electron chi connectivity index (χ3n) is 6.76. The van der Waals surface area contributed by atoms with Crippen molar-refractivity contribution in [3.05, 3.63) is 21.6 Å². The average molecular weight is 528 g/mol. The molecule has 0 unspecified atom stereocenters. The predicted molar refractivity (Wildman–Crippen MR) is 136 cm³/mol. The van der Waals surface area contributed by atoms with Gasteiger partial charge in [0.05, 0.1) is 19.1 Å². The third-order valence-corrected chi connectivity index (χ3v) is 6.94. The fourth-order valence-corrected chi connectivity index (χ4v) is 5.04. The lowest BCUT2D eigenvalue weighted by atomic mass is 10.1. The molecule has 1 N–H and O–H groups in total. The van der Waals surface area contributed by atoms with Crippen LogP contribution >= 0.6 is 11.6 Å². The summed E-state index contributed by atoms with van der Waals surface area (Å²) in [5, 5.41) is 14.6. The number of ether oxygens (including phenoxy) is 2. The average Bonchev–Trinajstić information content (AvgIpc) is 3.59. The van der Waals surface area contributed by atoms with Gasteiger partial charge < -0.3 is 19.7 Å². The van der Waals surface area contributed by atoms with Crippen molar-refractivity contribution in [2.45, 2.75) is 102 Å². The highest BCUT2D eigenvalue weighted by Crippen LogP contribution is 2.35. The van der Waals surface area contributed by atoms with E-state index in [0.717, 1.165) is 38.3 Å². The quantitative estimate of drug-likeness (QED) is 0.204. The van der Waals surface area contributed by atoms with Crippen molar-refractivity contribution in [1.29, 1.82) is 0 Å². The van der Waals surface area contributed by atoms with E-state index < -0.39 is 16.9 Å². The van der Waals surface area contributed by atoms with Crippen LogP contribution in [0.2, 0.25) is 5.28 Å². The first-order chi connectivity index (χ1) is 17.3. The lowest BCUT2D eigenvalue weighted by Gasteiger charge is -2.34. The van der Waals surface area contributed by atoms with Gasteiger partial charge in [0.25, 0.3) is 0 Å². The van der Waals surface area contributed by atoms with Crippen LogP contribution in [-0.4, -0.2) is 65.2 Å². The topological polar surface area (TPSA) is 137 Å². The molecule has 1 aromatic rings. The number of nitrogens with one attached hydrogen (secondary N) is 1. The molecule has 0 amide bonds. The molecule has 2 fully saturated rings. The highest BCUT2D eigenvalue weighted by molar-refractivity contribution is 6.28. The van der Waals surface area contributed by atoms with E-state index in [9.17, 15) is 19.7 Å². The van der Waals surface area contributed by atoms with E-state index in [2.05, 4.69) is 15.3 Å². The molecule has 0 aliphatic heterocycles. The van der Waals surface area contributed by atoms with Crippen LogP contribution in [0.3, 0.4) is 0 Å². The van der Waals surface area contributed by atoms with Crippen molar-refractivity contribution in [1.82, 2.24) is 15.3 Å². The number of anilines is 1. The van der Waals surface area contributed by atoms with Gasteiger partial charge >= 0.3 is 17.6 Å². The normalized spacial score (nSPS) is 17.6. The summed E-state index contributed by atoms with van der Waals surface area (Å²) in [6.07, 6.45) is 11.0. The highest BCUT2D eigenvalue weighted by Gasteiger charge is 2.37. The Labute approximate surface area is 217 Å². The van der Waals surface area contributed by atoms with Gasteiger partial charge in [0.15, 0.2) is 0 Å². The van der Waals surface area contributed by atoms with Crippen molar-refractivity contribution in [2.24, 2.45) is 0 Å². The van der Waals surface area contributed by atoms with Gasteiger partial charge in [-0.2, -0.15) is 4.98 Å². The molecule has 11 nitrogen and oxygen atoms in total. The molecule has 1 heterocycles. The number of carbonyl (C=O) groups is 2. The maximum Gasteiger partial charge on any atom is 0.329 e. The van der Waals surface area contributed by atoms with Crippen molar-refractivity contribution >= 4 is 35.0 Å². The largest absolute Gasteiger partial charge is 0.468 e. The predicted octanol–water partition coefficient (Wildman–Crippen LogP) is 4.21. The Morgan fingerprint density at radius 3 is 2.19 bits per heavy atom. The van der Waals surface area contributed by atoms with Gasteiger partial charge in [-0.25, -0.2) is 9.78 Å². The number of hydrogen-bond acceptors (Lipinski definition) is 10. The van der Waals surface area contributed by atoms with Gasteiger partial charge in [0.2, 0.25) is 11.1 Å². The second kappa shape index (κ2) is 14.9. The number of nitro groups is 1. The first-order valence-electron chi connectivity index (χ1n) is 12.6. The summed E-state index contributed by atoms with van der Waals surface area (Å²) in [4.78, 5) is 43.6. The van der Waals surface area contributed by atoms with E-state index in [-0.39, 0.29) is 34.8 Å². The number of aromatic nitrogens is 2. The maximum absolute atomic E-state index is 12.2. The molecule has 0 spiro atoms. The van der Waals surface area contributed by atoms with Crippen LogP contribution in [0.15, 0.2) is 6.20 Å². The van der Waals surface area contributed by atoms with Crippen molar-refractivity contribution < 1.29 is 24.0 Å². The molecule has 202 valence electrons. The van der Waals surface area contributed by atoms with Crippen LogP contribution in [0, 0.1) is 10.1 Å². The summed E-state index contributed by atoms with van der Waals surface area (Å²) in [7, 11) is 2.75. The minimum atomic E-state index is -0.646. The second-order valence-corrected chi connectivity index (χ2v) is 9.37. The summed E-state index contributed by atoms with van der Waals surface area (Å²) in [5.41, 5.74) is -0.261. The van der Waals surface area contributed by atoms with Crippen LogP contribution in [0.5, 0.6) is 0 Å². The maximum atomic E-state index is 12.2. The number of methoxy groups -OCH3 is 2. The Morgan fingerprint density at radius 1 is 1.11 bits per heavy atom. The smallest absolute Gasteiger partial charge is 0.329 e. The zero-order valence-corrected chi connectivity index (χ0v) is 22.3. The molecule has 0 radical (unpaired) electrons. The second-order valence-electron chi connectivity index (χ2n) is 9.03. The van der Waals surface area contributed by atoms with E-state index >= 15 is 0 Å². The number of hydrogen-bond donors (Lipinski definition) is 1. The zero-order valence-electron chi connectivity index (χ0n) is 21.6. The van der Waals surface area contributed by atoms with Crippen LogP contribution in [0.1, 0.15) is 78.1 Å². The number of esters is 2. The van der Waals surface area contributed by atoms with E-state index in [1.807, 2.05) is 13.8 Å². The van der Waals surface area contributed by atoms with Crippen LogP contribution in [0.4, 0.5) is 11.5 Å². The van der Waals surface area contributed by atoms with Crippen LogP contribution in [0.25, 0.3) is 0 Å². The fraction of sp³-hybridized carbons (Fsp3) is 0.750. The Bertz CT molecular complexity index is 877. The summed E-state index contributed by atoms with van der Waals surface area (Å²) >= 11 is 5.85. The first-order valence-corrected chi connectivity index (χ1v) is 13.0. The molecule has 36 heavy (non-hydrogen) atoms. The molecular formula is C24H38ClN5O6. The van der Waals surface area contributed by atoms with Gasteiger partial charge in [-0.15, -0.1) is 0 Å². The molecule has 0 saturated heterocycles. The van der Waals surface area contributed by atoms with Gasteiger partial charge in [-0.05, 0) is 50.1 Å². The molecule has 2 atom stereocenters. The van der Waals surface area contributed by atoms with Gasteiger partial charge in [0.1, 0.15) is 18.3 Å². The Hall–Kier alpha value is -2.53. The molecule has 2 saturated carbocycles. The summed E-state index contributed by atoms with van der Waals surface area (Å²) in [6, 6.07) is -0.228. The zero-order chi connectivity index (χ0) is 26.7. The summed E-state index contributed by atoms with van der Waals surface area (Å²) in [6.45, 7) is 3.84. The number of rotatable bonds is 10. The van der Waals surface area contributed by atoms with Crippen molar-refractivity contribution in [2.75, 3.05) is 19.1 Å². The Morgan fingerprint density at radius 2 is 1.69 bits per heavy atom. The van der Waals surface area contributed by atoms with E-state index in [0.29, 0.717) is 12.5 Å². The number of nitrogens with zero attached hydrogens (tertiary/aromatic N) is 4. The van der Waals surface area contributed by atoms with Crippen LogP contribution in [-0.2, 0) is 19.1 Å². The summed E-state index contributed by atoms with van der Waals surface area (Å²) < 4.78 is 9.58. The lowest BCUT2D eigenvalue weighted by Crippen LogP contribution is -2.47. The van der Waals surface area contributed by atoms with Gasteiger partial charge in [-0.3, -0.25) is 14.9 Å². The van der Waals surface area contributed by atoms with Crippen LogP contribution < -0.4 is 10.2 Å². The SMILES string of the molecule is CC[C@@H](NC1CCCC1)C(=O)OC.CC[C@H](C(=O)OC)N(c1nc(Cl)ncc1[N+](=O)[O-])C1CCCC1. The lowest BCUT2D eigenvalue weighted by molar-refractivity contribution is -0.384. The van der Waals surface area contributed by atoms with Crippen molar-refractivity contribution in [3.63, 3.8) is 0 Å².